The Morgan fingerprint density at radius 1 is 0.795 bits per heavy atom. The molecule has 0 aromatic heterocycles. The van der Waals surface area contributed by atoms with Crippen molar-refractivity contribution in [2.75, 3.05) is 10.8 Å². The number of nitrogens with one attached hydrogen (secondary N) is 1. The lowest BCUT2D eigenvalue weighted by Gasteiger charge is -2.34. The molecule has 9 heteroatoms. The lowest BCUT2D eigenvalue weighted by atomic mass is 10.0. The van der Waals surface area contributed by atoms with Gasteiger partial charge in [0.1, 0.15) is 12.6 Å². The fourth-order valence-electron chi connectivity index (χ4n) is 4.92. The van der Waals surface area contributed by atoms with E-state index in [0.29, 0.717) is 11.3 Å². The number of para-hydroxylation sites is 1. The van der Waals surface area contributed by atoms with E-state index in [4.69, 9.17) is 0 Å². The number of hydrogen-bond donors (Lipinski definition) is 1. The second-order valence-corrected chi connectivity index (χ2v) is 13.9. The van der Waals surface area contributed by atoms with Crippen molar-refractivity contribution in [2.45, 2.75) is 57.6 Å². The molecule has 1 N–H and O–H groups in total. The standard InChI is InChI=1S/C35H38BrN3O4S/c1-25(2)37-35(41)33(22-28-11-6-5-7-12-28)38(23-29-16-18-30(36)19-17-29)34(40)24-39(32-13-9-8-10-27(32)4)44(42,43)31-20-14-26(3)15-21-31/h5-21,25,33H,22-24H2,1-4H3,(H,37,41)/t33-/m0/s1. The largest absolute Gasteiger partial charge is 0.352 e. The van der Waals surface area contributed by atoms with Gasteiger partial charge in [-0.05, 0) is 74.7 Å². The van der Waals surface area contributed by atoms with Crippen LogP contribution in [-0.4, -0.2) is 43.8 Å². The molecule has 230 valence electrons. The maximum atomic E-state index is 14.5. The molecular formula is C35H38BrN3O4S. The Balaban J connectivity index is 1.81. The first-order valence-electron chi connectivity index (χ1n) is 14.5. The number of amides is 2. The Morgan fingerprint density at radius 2 is 1.41 bits per heavy atom. The predicted molar refractivity (Wildman–Crippen MR) is 179 cm³/mol. The van der Waals surface area contributed by atoms with Crippen molar-refractivity contribution >= 4 is 43.5 Å². The van der Waals surface area contributed by atoms with Crippen molar-refractivity contribution in [1.82, 2.24) is 10.2 Å². The highest BCUT2D eigenvalue weighted by molar-refractivity contribution is 9.10. The zero-order valence-corrected chi connectivity index (χ0v) is 27.8. The number of carbonyl (C=O) groups excluding carboxylic acids is 2. The third kappa shape index (κ3) is 8.36. The normalized spacial score (nSPS) is 12.0. The van der Waals surface area contributed by atoms with Gasteiger partial charge in [0.2, 0.25) is 11.8 Å². The topological polar surface area (TPSA) is 86.8 Å². The molecule has 0 aliphatic heterocycles. The fraction of sp³-hybridized carbons (Fsp3) is 0.257. The van der Waals surface area contributed by atoms with E-state index >= 15 is 0 Å². The van der Waals surface area contributed by atoms with Crippen LogP contribution in [0.4, 0.5) is 5.69 Å². The number of rotatable bonds is 12. The first-order valence-corrected chi connectivity index (χ1v) is 16.7. The van der Waals surface area contributed by atoms with Crippen LogP contribution >= 0.6 is 15.9 Å². The number of nitrogens with zero attached hydrogens (tertiary/aromatic N) is 2. The monoisotopic (exact) mass is 675 g/mol. The van der Waals surface area contributed by atoms with Crippen molar-refractivity contribution in [2.24, 2.45) is 0 Å². The summed E-state index contributed by atoms with van der Waals surface area (Å²) in [6.45, 7) is 7.05. The second-order valence-electron chi connectivity index (χ2n) is 11.1. The van der Waals surface area contributed by atoms with E-state index in [-0.39, 0.29) is 29.8 Å². The molecular weight excluding hydrogens is 638 g/mol. The molecule has 44 heavy (non-hydrogen) atoms. The Kier molecular flexibility index (Phi) is 11.0. The summed E-state index contributed by atoms with van der Waals surface area (Å²) in [4.78, 5) is 29.8. The Bertz CT molecular complexity index is 1680. The van der Waals surface area contributed by atoms with Crippen LogP contribution < -0.4 is 9.62 Å². The zero-order valence-electron chi connectivity index (χ0n) is 25.4. The average Bonchev–Trinajstić information content (AvgIpc) is 2.99. The van der Waals surface area contributed by atoms with Gasteiger partial charge in [0.15, 0.2) is 0 Å². The van der Waals surface area contributed by atoms with Gasteiger partial charge in [-0.25, -0.2) is 8.42 Å². The maximum absolute atomic E-state index is 14.5. The van der Waals surface area contributed by atoms with Crippen LogP contribution in [0, 0.1) is 13.8 Å². The van der Waals surface area contributed by atoms with Crippen LogP contribution in [0.25, 0.3) is 0 Å². The highest BCUT2D eigenvalue weighted by Gasteiger charge is 2.35. The number of benzene rings is 4. The third-order valence-corrected chi connectivity index (χ3v) is 9.54. The number of anilines is 1. The highest BCUT2D eigenvalue weighted by atomic mass is 79.9. The van der Waals surface area contributed by atoms with E-state index in [1.54, 1.807) is 36.4 Å². The minimum absolute atomic E-state index is 0.0806. The molecule has 0 saturated carbocycles. The van der Waals surface area contributed by atoms with E-state index in [9.17, 15) is 18.0 Å². The van der Waals surface area contributed by atoms with Gasteiger partial charge in [-0.15, -0.1) is 0 Å². The molecule has 0 aliphatic carbocycles. The van der Waals surface area contributed by atoms with E-state index in [1.165, 1.54) is 4.90 Å². The van der Waals surface area contributed by atoms with Crippen LogP contribution in [0.1, 0.15) is 36.1 Å². The minimum atomic E-state index is -4.15. The van der Waals surface area contributed by atoms with Gasteiger partial charge < -0.3 is 10.2 Å². The molecule has 0 radical (unpaired) electrons. The summed E-state index contributed by atoms with van der Waals surface area (Å²) >= 11 is 3.46. The number of hydrogen-bond acceptors (Lipinski definition) is 4. The second kappa shape index (κ2) is 14.7. The summed E-state index contributed by atoms with van der Waals surface area (Å²) in [5.41, 5.74) is 3.71. The summed E-state index contributed by atoms with van der Waals surface area (Å²) in [5.74, 6) is -0.801. The fourth-order valence-corrected chi connectivity index (χ4v) is 6.66. The molecule has 2 amide bonds. The van der Waals surface area contributed by atoms with Crippen molar-refractivity contribution in [3.8, 4) is 0 Å². The van der Waals surface area contributed by atoms with Gasteiger partial charge in [0, 0.05) is 23.5 Å². The molecule has 4 aromatic rings. The molecule has 0 heterocycles. The molecule has 0 bridgehead atoms. The summed E-state index contributed by atoms with van der Waals surface area (Å²) in [6.07, 6.45) is 0.261. The number of halogens is 1. The molecule has 4 aromatic carbocycles. The Labute approximate surface area is 269 Å². The van der Waals surface area contributed by atoms with E-state index in [1.807, 2.05) is 94.4 Å². The molecule has 0 unspecified atom stereocenters. The van der Waals surface area contributed by atoms with Crippen LogP contribution in [-0.2, 0) is 32.6 Å². The van der Waals surface area contributed by atoms with Gasteiger partial charge in [0.25, 0.3) is 10.0 Å². The number of sulfonamides is 1. The van der Waals surface area contributed by atoms with Gasteiger partial charge in [-0.1, -0.05) is 94.3 Å². The zero-order chi connectivity index (χ0) is 31.9. The molecule has 0 saturated heterocycles. The van der Waals surface area contributed by atoms with Crippen LogP contribution in [0.3, 0.4) is 0 Å². The summed E-state index contributed by atoms with van der Waals surface area (Å²) in [6, 6.07) is 29.6. The van der Waals surface area contributed by atoms with Gasteiger partial charge >= 0.3 is 0 Å². The summed E-state index contributed by atoms with van der Waals surface area (Å²) in [7, 11) is -4.15. The lowest BCUT2D eigenvalue weighted by Crippen LogP contribution is -2.54. The van der Waals surface area contributed by atoms with Crippen molar-refractivity contribution < 1.29 is 18.0 Å². The first kappa shape index (κ1) is 33.0. The van der Waals surface area contributed by atoms with Crippen LogP contribution in [0.2, 0.25) is 0 Å². The molecule has 0 spiro atoms. The maximum Gasteiger partial charge on any atom is 0.264 e. The van der Waals surface area contributed by atoms with Gasteiger partial charge in [-0.3, -0.25) is 13.9 Å². The summed E-state index contributed by atoms with van der Waals surface area (Å²) in [5, 5.41) is 2.98. The molecule has 1 atom stereocenters. The molecule has 0 aliphatic rings. The lowest BCUT2D eigenvalue weighted by molar-refractivity contribution is -0.140. The van der Waals surface area contributed by atoms with E-state index in [0.717, 1.165) is 25.5 Å². The number of carbonyl (C=O) groups is 2. The minimum Gasteiger partial charge on any atom is -0.352 e. The quantitative estimate of drug-likeness (QED) is 0.188. The molecule has 0 fully saturated rings. The van der Waals surface area contributed by atoms with E-state index < -0.39 is 28.5 Å². The highest BCUT2D eigenvalue weighted by Crippen LogP contribution is 2.28. The van der Waals surface area contributed by atoms with Crippen molar-refractivity contribution in [3.05, 3.63) is 130 Å². The van der Waals surface area contributed by atoms with Crippen LogP contribution in [0.15, 0.2) is 112 Å². The first-order chi connectivity index (χ1) is 21.0. The smallest absolute Gasteiger partial charge is 0.264 e. The SMILES string of the molecule is Cc1ccc(S(=O)(=O)N(CC(=O)N(Cc2ccc(Br)cc2)[C@@H](Cc2ccccc2)C(=O)NC(C)C)c2ccccc2C)cc1. The van der Waals surface area contributed by atoms with E-state index in [2.05, 4.69) is 21.2 Å². The Morgan fingerprint density at radius 3 is 2.02 bits per heavy atom. The van der Waals surface area contributed by atoms with Crippen LogP contribution in [0.5, 0.6) is 0 Å². The van der Waals surface area contributed by atoms with Crippen molar-refractivity contribution in [1.29, 1.82) is 0 Å². The third-order valence-electron chi connectivity index (χ3n) is 7.24. The van der Waals surface area contributed by atoms with Crippen molar-refractivity contribution in [3.63, 3.8) is 0 Å². The average molecular weight is 677 g/mol. The molecule has 7 nitrogen and oxygen atoms in total. The van der Waals surface area contributed by atoms with Gasteiger partial charge in [0.05, 0.1) is 10.6 Å². The number of aryl methyl sites for hydroxylation is 2. The predicted octanol–water partition coefficient (Wildman–Crippen LogP) is 6.43. The Hall–Kier alpha value is -3.95. The molecule has 4 rings (SSSR count). The van der Waals surface area contributed by atoms with Gasteiger partial charge in [-0.2, -0.15) is 0 Å². The summed E-state index contributed by atoms with van der Waals surface area (Å²) < 4.78 is 30.4.